The molecule has 2 aromatic carbocycles. The van der Waals surface area contributed by atoms with Crippen LogP contribution in [0.2, 0.25) is 0 Å². The standard InChI is InChI=1S/C22H22N4O4S/c1-30-19-4-2-3-17(13-19)20-15-31-21(23-20)14-24-9-11-25(12-10-24)22(27)16-5-7-18(8-6-16)26(28)29/h2-8,13,15H,9-12,14H2,1H3. The molecular formula is C22H22N4O4S. The lowest BCUT2D eigenvalue weighted by atomic mass is 10.1. The van der Waals surface area contributed by atoms with Gasteiger partial charge in [0, 0.05) is 54.8 Å². The van der Waals surface area contributed by atoms with Crippen molar-refractivity contribution < 1.29 is 14.5 Å². The Labute approximate surface area is 183 Å². The summed E-state index contributed by atoms with van der Waals surface area (Å²) in [7, 11) is 1.65. The van der Waals surface area contributed by atoms with E-state index in [0.717, 1.165) is 41.6 Å². The lowest BCUT2D eigenvalue weighted by molar-refractivity contribution is -0.384. The molecular weight excluding hydrogens is 416 g/mol. The summed E-state index contributed by atoms with van der Waals surface area (Å²) in [5, 5.41) is 13.9. The Kier molecular flexibility index (Phi) is 6.24. The number of carbonyl (C=O) groups excluding carboxylic acids is 1. The number of hydrogen-bond donors (Lipinski definition) is 0. The van der Waals surface area contributed by atoms with Crippen LogP contribution in [0.1, 0.15) is 15.4 Å². The number of aromatic nitrogens is 1. The largest absolute Gasteiger partial charge is 0.497 e. The second-order valence-electron chi connectivity index (χ2n) is 7.23. The number of carbonyl (C=O) groups is 1. The van der Waals surface area contributed by atoms with E-state index in [1.807, 2.05) is 24.3 Å². The van der Waals surface area contributed by atoms with E-state index >= 15 is 0 Å². The Bertz CT molecular complexity index is 1080. The molecule has 0 unspecified atom stereocenters. The molecule has 8 nitrogen and oxygen atoms in total. The first-order chi connectivity index (χ1) is 15.0. The van der Waals surface area contributed by atoms with Crippen LogP contribution in [-0.2, 0) is 6.54 Å². The highest BCUT2D eigenvalue weighted by atomic mass is 32.1. The highest BCUT2D eigenvalue weighted by Gasteiger charge is 2.23. The number of non-ortho nitro benzene ring substituents is 1. The van der Waals surface area contributed by atoms with Crippen LogP contribution in [0.4, 0.5) is 5.69 Å². The minimum atomic E-state index is -0.467. The maximum Gasteiger partial charge on any atom is 0.269 e. The van der Waals surface area contributed by atoms with Gasteiger partial charge in [-0.15, -0.1) is 11.3 Å². The third-order valence-electron chi connectivity index (χ3n) is 5.26. The molecule has 1 fully saturated rings. The number of nitrogens with zero attached hydrogens (tertiary/aromatic N) is 4. The molecule has 0 bridgehead atoms. The molecule has 2 heterocycles. The lowest BCUT2D eigenvalue weighted by Gasteiger charge is -2.34. The van der Waals surface area contributed by atoms with E-state index in [9.17, 15) is 14.9 Å². The quantitative estimate of drug-likeness (QED) is 0.431. The minimum absolute atomic E-state index is 0.0156. The monoisotopic (exact) mass is 438 g/mol. The van der Waals surface area contributed by atoms with Gasteiger partial charge in [-0.05, 0) is 24.3 Å². The number of ether oxygens (including phenoxy) is 1. The van der Waals surface area contributed by atoms with Gasteiger partial charge in [-0.25, -0.2) is 4.98 Å². The van der Waals surface area contributed by atoms with Crippen molar-refractivity contribution in [2.75, 3.05) is 33.3 Å². The van der Waals surface area contributed by atoms with Gasteiger partial charge >= 0.3 is 0 Å². The molecule has 160 valence electrons. The van der Waals surface area contributed by atoms with Crippen LogP contribution in [0.3, 0.4) is 0 Å². The maximum absolute atomic E-state index is 12.7. The third-order valence-corrected chi connectivity index (χ3v) is 6.09. The molecule has 0 spiro atoms. The van der Waals surface area contributed by atoms with Crippen LogP contribution >= 0.6 is 11.3 Å². The number of methoxy groups -OCH3 is 1. The van der Waals surface area contributed by atoms with Crippen LogP contribution in [0, 0.1) is 10.1 Å². The Hall–Kier alpha value is -3.30. The fourth-order valence-electron chi connectivity index (χ4n) is 3.51. The smallest absolute Gasteiger partial charge is 0.269 e. The number of nitro groups is 1. The van der Waals surface area contributed by atoms with E-state index in [2.05, 4.69) is 10.3 Å². The van der Waals surface area contributed by atoms with Gasteiger partial charge < -0.3 is 9.64 Å². The van der Waals surface area contributed by atoms with Crippen molar-refractivity contribution in [3.63, 3.8) is 0 Å². The predicted octanol–water partition coefficient (Wildman–Crippen LogP) is 3.68. The Morgan fingerprint density at radius 3 is 2.58 bits per heavy atom. The highest BCUT2D eigenvalue weighted by Crippen LogP contribution is 2.26. The number of benzene rings is 2. The second-order valence-corrected chi connectivity index (χ2v) is 8.17. The Morgan fingerprint density at radius 1 is 1.16 bits per heavy atom. The predicted molar refractivity (Wildman–Crippen MR) is 118 cm³/mol. The SMILES string of the molecule is COc1cccc(-c2csc(CN3CCN(C(=O)c4ccc([N+](=O)[O-])cc4)CC3)n2)c1. The fourth-order valence-corrected chi connectivity index (χ4v) is 4.35. The number of thiazole rings is 1. The van der Waals surface area contributed by atoms with Crippen LogP contribution in [0.15, 0.2) is 53.9 Å². The molecule has 0 N–H and O–H groups in total. The van der Waals surface area contributed by atoms with Crippen molar-refractivity contribution in [2.24, 2.45) is 0 Å². The molecule has 0 saturated carbocycles. The summed E-state index contributed by atoms with van der Waals surface area (Å²) in [6.45, 7) is 3.49. The molecule has 0 atom stereocenters. The van der Waals surface area contributed by atoms with Crippen molar-refractivity contribution in [1.29, 1.82) is 0 Å². The summed E-state index contributed by atoms with van der Waals surface area (Å²) in [5.41, 5.74) is 2.42. The molecule has 0 aliphatic carbocycles. The van der Waals surface area contributed by atoms with E-state index in [4.69, 9.17) is 9.72 Å². The van der Waals surface area contributed by atoms with E-state index in [0.29, 0.717) is 18.7 Å². The van der Waals surface area contributed by atoms with Crippen molar-refractivity contribution >= 4 is 22.9 Å². The zero-order valence-corrected chi connectivity index (χ0v) is 17.9. The van der Waals surface area contributed by atoms with Crippen molar-refractivity contribution in [3.05, 3.63) is 74.6 Å². The number of rotatable bonds is 6. The highest BCUT2D eigenvalue weighted by molar-refractivity contribution is 7.09. The van der Waals surface area contributed by atoms with Gasteiger partial charge in [0.2, 0.25) is 0 Å². The van der Waals surface area contributed by atoms with Gasteiger partial charge in [-0.1, -0.05) is 12.1 Å². The summed E-state index contributed by atoms with van der Waals surface area (Å²) in [6, 6.07) is 13.6. The Morgan fingerprint density at radius 2 is 1.90 bits per heavy atom. The third kappa shape index (κ3) is 4.89. The Balaban J connectivity index is 1.32. The average Bonchev–Trinajstić information content (AvgIpc) is 3.28. The number of amides is 1. The van der Waals surface area contributed by atoms with Crippen molar-refractivity contribution in [1.82, 2.24) is 14.8 Å². The van der Waals surface area contributed by atoms with Gasteiger partial charge in [-0.3, -0.25) is 19.8 Å². The molecule has 9 heteroatoms. The molecule has 1 aliphatic rings. The lowest BCUT2D eigenvalue weighted by Crippen LogP contribution is -2.48. The van der Waals surface area contributed by atoms with E-state index in [1.165, 1.54) is 24.3 Å². The van der Waals surface area contributed by atoms with E-state index in [-0.39, 0.29) is 11.6 Å². The second kappa shape index (κ2) is 9.23. The summed E-state index contributed by atoms with van der Waals surface area (Å²) < 4.78 is 5.29. The molecule has 1 aromatic heterocycles. The first kappa shape index (κ1) is 21.0. The summed E-state index contributed by atoms with van der Waals surface area (Å²) in [6.07, 6.45) is 0. The molecule has 1 aliphatic heterocycles. The van der Waals surface area contributed by atoms with Gasteiger partial charge in [0.15, 0.2) is 0 Å². The van der Waals surface area contributed by atoms with Gasteiger partial charge in [0.1, 0.15) is 10.8 Å². The molecule has 3 aromatic rings. The summed E-state index contributed by atoms with van der Waals surface area (Å²) in [4.78, 5) is 31.8. The van der Waals surface area contributed by atoms with Crippen molar-refractivity contribution in [3.8, 4) is 17.0 Å². The maximum atomic E-state index is 12.7. The first-order valence-corrected chi connectivity index (χ1v) is 10.8. The van der Waals surface area contributed by atoms with Crippen LogP contribution < -0.4 is 4.74 Å². The molecule has 31 heavy (non-hydrogen) atoms. The number of nitro benzene ring substituents is 1. The van der Waals surface area contributed by atoms with Crippen LogP contribution in [-0.4, -0.2) is 58.9 Å². The van der Waals surface area contributed by atoms with Crippen LogP contribution in [0.5, 0.6) is 5.75 Å². The molecule has 4 rings (SSSR count). The topological polar surface area (TPSA) is 88.8 Å². The van der Waals surface area contributed by atoms with Gasteiger partial charge in [0.05, 0.1) is 24.3 Å². The normalized spacial score (nSPS) is 14.4. The zero-order chi connectivity index (χ0) is 21.8. The number of piperazine rings is 1. The summed E-state index contributed by atoms with van der Waals surface area (Å²) >= 11 is 1.63. The first-order valence-electron chi connectivity index (χ1n) is 9.88. The molecule has 0 radical (unpaired) electrons. The zero-order valence-electron chi connectivity index (χ0n) is 17.1. The van der Waals surface area contributed by atoms with E-state index < -0.39 is 4.92 Å². The van der Waals surface area contributed by atoms with E-state index in [1.54, 1.807) is 23.3 Å². The molecule has 1 saturated heterocycles. The molecule has 1 amide bonds. The van der Waals surface area contributed by atoms with Gasteiger partial charge in [-0.2, -0.15) is 0 Å². The van der Waals surface area contributed by atoms with Crippen LogP contribution in [0.25, 0.3) is 11.3 Å². The fraction of sp³-hybridized carbons (Fsp3) is 0.273. The van der Waals surface area contributed by atoms with Gasteiger partial charge in [0.25, 0.3) is 11.6 Å². The average molecular weight is 439 g/mol. The van der Waals surface area contributed by atoms with Crippen molar-refractivity contribution in [2.45, 2.75) is 6.54 Å². The minimum Gasteiger partial charge on any atom is -0.497 e. The number of hydrogen-bond acceptors (Lipinski definition) is 7. The summed E-state index contributed by atoms with van der Waals surface area (Å²) in [5.74, 6) is 0.713.